The minimum absolute atomic E-state index is 0.365. The third kappa shape index (κ3) is 3.35. The van der Waals surface area contributed by atoms with Gasteiger partial charge in [-0.25, -0.2) is 0 Å². The van der Waals surface area contributed by atoms with E-state index in [0.717, 1.165) is 4.47 Å². The molecule has 0 radical (unpaired) electrons. The van der Waals surface area contributed by atoms with Gasteiger partial charge in [0.2, 0.25) is 5.78 Å². The highest BCUT2D eigenvalue weighted by molar-refractivity contribution is 9.10. The van der Waals surface area contributed by atoms with Crippen LogP contribution in [0.25, 0.3) is 0 Å². The fourth-order valence-electron chi connectivity index (χ4n) is 0.933. The zero-order chi connectivity index (χ0) is 10.8. The van der Waals surface area contributed by atoms with E-state index in [1.807, 2.05) is 0 Å². The molecule has 0 heterocycles. The van der Waals surface area contributed by atoms with Gasteiger partial charge in [-0.1, -0.05) is 28.1 Å². The van der Waals surface area contributed by atoms with Gasteiger partial charge in [0.15, 0.2) is 0 Å². The highest BCUT2D eigenvalue weighted by Gasteiger charge is 2.34. The van der Waals surface area contributed by atoms with Crippen molar-refractivity contribution in [2.45, 2.75) is 11.8 Å². The van der Waals surface area contributed by atoms with Crippen molar-refractivity contribution in [3.8, 4) is 0 Å². The highest BCUT2D eigenvalue weighted by atomic mass is 79.9. The molecule has 0 spiro atoms. The van der Waals surface area contributed by atoms with Gasteiger partial charge < -0.3 is 0 Å². The Morgan fingerprint density at radius 3 is 2.64 bits per heavy atom. The van der Waals surface area contributed by atoms with Crippen LogP contribution in [0.3, 0.4) is 0 Å². The second-order valence-electron chi connectivity index (χ2n) is 2.73. The summed E-state index contributed by atoms with van der Waals surface area (Å²) in [5.74, 6) is -1.29. The first kappa shape index (κ1) is 11.6. The molecule has 0 fully saturated rings. The summed E-state index contributed by atoms with van der Waals surface area (Å²) in [4.78, 5) is 10.8. The van der Waals surface area contributed by atoms with Crippen molar-refractivity contribution in [2.75, 3.05) is 0 Å². The van der Waals surface area contributed by atoms with Crippen LogP contribution in [-0.4, -0.2) is 11.2 Å². The molecular weight excluding hydrogens is 277 g/mol. The molecule has 0 aliphatic heterocycles. The summed E-state index contributed by atoms with van der Waals surface area (Å²) in [5, 5.41) is -3.78. The van der Waals surface area contributed by atoms with Crippen LogP contribution in [0.5, 0.6) is 0 Å². The predicted molar refractivity (Wildman–Crippen MR) is 53.7 cm³/mol. The Kier molecular flexibility index (Phi) is 3.61. The first-order valence-corrected chi connectivity index (χ1v) is 4.91. The number of hydrogen-bond donors (Lipinski definition) is 0. The Balaban J connectivity index is 2.75. The van der Waals surface area contributed by atoms with Crippen molar-refractivity contribution in [2.24, 2.45) is 0 Å². The lowest BCUT2D eigenvalue weighted by atomic mass is 10.1. The molecule has 0 saturated carbocycles. The van der Waals surface area contributed by atoms with Gasteiger partial charge >= 0.3 is 5.38 Å². The first-order chi connectivity index (χ1) is 6.39. The van der Waals surface area contributed by atoms with E-state index in [0.29, 0.717) is 5.56 Å². The molecule has 0 aliphatic rings. The minimum atomic E-state index is -3.78. The van der Waals surface area contributed by atoms with Crippen molar-refractivity contribution in [1.82, 2.24) is 0 Å². The molecule has 1 aromatic carbocycles. The van der Waals surface area contributed by atoms with Gasteiger partial charge in [0, 0.05) is 10.9 Å². The number of carbonyl (C=O) groups is 1. The molecule has 0 atom stereocenters. The molecule has 0 saturated heterocycles. The van der Waals surface area contributed by atoms with Gasteiger partial charge in [-0.3, -0.25) is 4.79 Å². The topological polar surface area (TPSA) is 17.1 Å². The molecule has 1 aromatic rings. The largest absolute Gasteiger partial charge is 0.380 e. The highest BCUT2D eigenvalue weighted by Crippen LogP contribution is 2.22. The molecule has 0 unspecified atom stereocenters. The summed E-state index contributed by atoms with van der Waals surface area (Å²) in [5.41, 5.74) is 0.504. The first-order valence-electron chi connectivity index (χ1n) is 3.74. The van der Waals surface area contributed by atoms with Crippen molar-refractivity contribution >= 4 is 33.3 Å². The maximum Gasteiger partial charge on any atom is 0.380 e. The minimum Gasteiger partial charge on any atom is -0.291 e. The lowest BCUT2D eigenvalue weighted by Crippen LogP contribution is -2.23. The second kappa shape index (κ2) is 4.36. The van der Waals surface area contributed by atoms with E-state index in [1.54, 1.807) is 24.3 Å². The maximum absolute atomic E-state index is 12.3. The zero-order valence-electron chi connectivity index (χ0n) is 6.94. The quantitative estimate of drug-likeness (QED) is 0.777. The SMILES string of the molecule is O=C(Cc1cccc(Br)c1)C(F)(F)Cl. The number of ketones is 1. The van der Waals surface area contributed by atoms with Crippen LogP contribution >= 0.6 is 27.5 Å². The van der Waals surface area contributed by atoms with Gasteiger partial charge in [-0.15, -0.1) is 0 Å². The Labute approximate surface area is 93.2 Å². The van der Waals surface area contributed by atoms with Crippen LogP contribution in [0.15, 0.2) is 28.7 Å². The van der Waals surface area contributed by atoms with Crippen LogP contribution in [0.4, 0.5) is 8.78 Å². The van der Waals surface area contributed by atoms with Gasteiger partial charge in [0.05, 0.1) is 0 Å². The van der Waals surface area contributed by atoms with Gasteiger partial charge in [0.1, 0.15) is 0 Å². The average molecular weight is 283 g/mol. The van der Waals surface area contributed by atoms with Crippen LogP contribution in [0.2, 0.25) is 0 Å². The molecule has 1 rings (SSSR count). The van der Waals surface area contributed by atoms with E-state index in [9.17, 15) is 13.6 Å². The molecule has 0 aromatic heterocycles. The van der Waals surface area contributed by atoms with E-state index in [2.05, 4.69) is 27.5 Å². The third-order valence-corrected chi connectivity index (χ3v) is 2.27. The predicted octanol–water partition coefficient (Wildman–Crippen LogP) is 3.39. The third-order valence-electron chi connectivity index (χ3n) is 1.57. The van der Waals surface area contributed by atoms with Crippen LogP contribution in [0.1, 0.15) is 5.56 Å². The fraction of sp³-hybridized carbons (Fsp3) is 0.222. The molecule has 76 valence electrons. The van der Waals surface area contributed by atoms with Crippen LogP contribution in [-0.2, 0) is 11.2 Å². The van der Waals surface area contributed by atoms with Gasteiger partial charge in [-0.05, 0) is 29.3 Å². The lowest BCUT2D eigenvalue weighted by Gasteiger charge is -2.06. The van der Waals surface area contributed by atoms with E-state index in [1.165, 1.54) is 0 Å². The summed E-state index contributed by atoms with van der Waals surface area (Å²) in [6, 6.07) is 6.59. The van der Waals surface area contributed by atoms with Gasteiger partial charge in [-0.2, -0.15) is 8.78 Å². The summed E-state index contributed by atoms with van der Waals surface area (Å²) >= 11 is 7.75. The standard InChI is InChI=1S/C9H6BrClF2O/c10-7-3-1-2-6(4-7)5-8(14)9(11,12)13/h1-4H,5H2. The molecule has 5 heteroatoms. The van der Waals surface area contributed by atoms with Crippen molar-refractivity contribution in [3.63, 3.8) is 0 Å². The molecular formula is C9H6BrClF2O. The number of alkyl halides is 3. The summed E-state index contributed by atoms with van der Waals surface area (Å²) in [6.45, 7) is 0. The normalized spacial score (nSPS) is 11.4. The van der Waals surface area contributed by atoms with Crippen molar-refractivity contribution in [1.29, 1.82) is 0 Å². The molecule has 1 nitrogen and oxygen atoms in total. The van der Waals surface area contributed by atoms with Crippen LogP contribution in [0, 0.1) is 0 Å². The lowest BCUT2D eigenvalue weighted by molar-refractivity contribution is -0.132. The Bertz CT molecular complexity index is 349. The Morgan fingerprint density at radius 2 is 2.14 bits per heavy atom. The van der Waals surface area contributed by atoms with Crippen molar-refractivity contribution < 1.29 is 13.6 Å². The van der Waals surface area contributed by atoms with E-state index >= 15 is 0 Å². The Morgan fingerprint density at radius 1 is 1.50 bits per heavy atom. The number of carbonyl (C=O) groups excluding carboxylic acids is 1. The zero-order valence-corrected chi connectivity index (χ0v) is 9.28. The molecule has 0 aliphatic carbocycles. The average Bonchev–Trinajstić information content (AvgIpc) is 2.02. The van der Waals surface area contributed by atoms with E-state index < -0.39 is 11.2 Å². The van der Waals surface area contributed by atoms with Gasteiger partial charge in [0.25, 0.3) is 0 Å². The molecule has 0 bridgehead atoms. The van der Waals surface area contributed by atoms with Crippen LogP contribution < -0.4 is 0 Å². The van der Waals surface area contributed by atoms with E-state index in [-0.39, 0.29) is 6.42 Å². The number of Topliss-reactive ketones (excluding diaryl/α,β-unsaturated/α-hetero) is 1. The fourth-order valence-corrected chi connectivity index (χ4v) is 1.45. The summed E-state index contributed by atoms with van der Waals surface area (Å²) in [7, 11) is 0. The summed E-state index contributed by atoms with van der Waals surface area (Å²) < 4.78 is 25.3. The Hall–Kier alpha value is -0.480. The smallest absolute Gasteiger partial charge is 0.291 e. The summed E-state index contributed by atoms with van der Waals surface area (Å²) in [6.07, 6.45) is -0.365. The second-order valence-corrected chi connectivity index (χ2v) is 4.12. The number of hydrogen-bond acceptors (Lipinski definition) is 1. The number of rotatable bonds is 3. The van der Waals surface area contributed by atoms with E-state index in [4.69, 9.17) is 0 Å². The van der Waals surface area contributed by atoms with Crippen molar-refractivity contribution in [3.05, 3.63) is 34.3 Å². The molecule has 14 heavy (non-hydrogen) atoms. The monoisotopic (exact) mass is 282 g/mol. The number of benzene rings is 1. The number of halogens is 4. The molecule has 0 N–H and O–H groups in total. The maximum atomic E-state index is 12.3. The molecule has 0 amide bonds.